The number of halogens is 1. The van der Waals surface area contributed by atoms with Gasteiger partial charge in [-0.15, -0.1) is 0 Å². The Morgan fingerprint density at radius 2 is 1.20 bits per heavy atom. The Morgan fingerprint density at radius 1 is 0.673 bits per heavy atom. The first-order valence-corrected chi connectivity index (χ1v) is 18.5. The molecule has 0 fully saturated rings. The maximum atomic E-state index is 14.6. The van der Waals surface area contributed by atoms with Gasteiger partial charge in [0, 0.05) is 12.0 Å². The normalized spacial score (nSPS) is 11.3. The third kappa shape index (κ3) is 15.8. The van der Waals surface area contributed by atoms with Crippen LogP contribution in [0.15, 0.2) is 66.7 Å². The lowest BCUT2D eigenvalue weighted by Crippen LogP contribution is -2.15. The highest BCUT2D eigenvalue weighted by molar-refractivity contribution is 5.91. The molecule has 0 radical (unpaired) electrons. The quantitative estimate of drug-likeness (QED) is 0.0461. The summed E-state index contributed by atoms with van der Waals surface area (Å²) in [5, 5.41) is 0. The van der Waals surface area contributed by atoms with Crippen LogP contribution in [0, 0.1) is 17.7 Å². The number of unbranched alkanes of at least 4 members (excludes halogenated alkanes) is 13. The van der Waals surface area contributed by atoms with Crippen LogP contribution in [0.5, 0.6) is 11.5 Å². The Kier molecular flexibility index (Phi) is 18.7. The minimum atomic E-state index is -0.786. The predicted molar refractivity (Wildman–Crippen MR) is 196 cm³/mol. The second-order valence-electron chi connectivity index (χ2n) is 12.8. The first kappa shape index (κ1) is 39.3. The summed E-state index contributed by atoms with van der Waals surface area (Å²) in [6.07, 6.45) is 19.2. The molecule has 0 aromatic heterocycles. The van der Waals surface area contributed by atoms with Gasteiger partial charge in [0.25, 0.3) is 0 Å². The van der Waals surface area contributed by atoms with Gasteiger partial charge in [0.15, 0.2) is 0 Å². The van der Waals surface area contributed by atoms with Gasteiger partial charge in [-0.1, -0.05) is 128 Å². The molecule has 264 valence electrons. The average molecular weight is 671 g/mol. The van der Waals surface area contributed by atoms with Crippen LogP contribution in [-0.2, 0) is 9.53 Å². The van der Waals surface area contributed by atoms with Crippen molar-refractivity contribution >= 4 is 11.9 Å². The fraction of sp³-hybridized carbons (Fsp3) is 0.488. The fourth-order valence-electron chi connectivity index (χ4n) is 5.58. The van der Waals surface area contributed by atoms with Crippen molar-refractivity contribution in [3.8, 4) is 34.5 Å². The van der Waals surface area contributed by atoms with E-state index < -0.39 is 11.8 Å². The zero-order valence-electron chi connectivity index (χ0n) is 29.9. The Bertz CT molecular complexity index is 1450. The molecule has 6 heteroatoms. The summed E-state index contributed by atoms with van der Waals surface area (Å²) in [4.78, 5) is 24.9. The number of hydrogen-bond donors (Lipinski definition) is 0. The zero-order valence-corrected chi connectivity index (χ0v) is 29.9. The lowest BCUT2D eigenvalue weighted by molar-refractivity contribution is -0.128. The first-order chi connectivity index (χ1) is 23.9. The van der Waals surface area contributed by atoms with Crippen LogP contribution >= 0.6 is 0 Å². The van der Waals surface area contributed by atoms with Crippen molar-refractivity contribution < 1.29 is 28.2 Å². The van der Waals surface area contributed by atoms with E-state index >= 15 is 0 Å². The average Bonchev–Trinajstić information content (AvgIpc) is 3.10. The van der Waals surface area contributed by atoms with E-state index in [-0.39, 0.29) is 17.6 Å². The standard InChI is InChI=1S/C43H55FO5/c1-4-6-8-10-11-12-13-14-15-16-18-32-47-40-30-26-37(41(44)33-40)27-31-42(45)49-39-28-24-36(25-29-39)35-20-22-38(23-21-35)43(46)48-34(3)19-17-9-7-5-2/h20-26,28-30,33-34H,4-19,32H2,1-3H3/t34-/m0/s1. The lowest BCUT2D eigenvalue weighted by atomic mass is 10.0. The molecule has 0 aliphatic carbocycles. The smallest absolute Gasteiger partial charge is 0.390 e. The van der Waals surface area contributed by atoms with Gasteiger partial charge >= 0.3 is 11.9 Å². The molecule has 0 bridgehead atoms. The number of benzene rings is 3. The molecular formula is C43H55FO5. The number of rotatable bonds is 22. The van der Waals surface area contributed by atoms with E-state index in [1.165, 1.54) is 82.8 Å². The molecule has 49 heavy (non-hydrogen) atoms. The van der Waals surface area contributed by atoms with Crippen LogP contribution in [0.4, 0.5) is 4.39 Å². The van der Waals surface area contributed by atoms with Crippen molar-refractivity contribution in [2.75, 3.05) is 6.61 Å². The molecule has 5 nitrogen and oxygen atoms in total. The van der Waals surface area contributed by atoms with Crippen molar-refractivity contribution in [3.63, 3.8) is 0 Å². The maximum Gasteiger partial charge on any atom is 0.390 e. The van der Waals surface area contributed by atoms with Crippen molar-refractivity contribution in [1.29, 1.82) is 0 Å². The molecule has 0 aliphatic rings. The third-order valence-corrected chi connectivity index (χ3v) is 8.55. The highest BCUT2D eigenvalue weighted by Crippen LogP contribution is 2.24. The molecular weight excluding hydrogens is 615 g/mol. The van der Waals surface area contributed by atoms with Crippen LogP contribution in [0.1, 0.15) is 139 Å². The van der Waals surface area contributed by atoms with E-state index in [2.05, 4.69) is 25.7 Å². The molecule has 0 heterocycles. The van der Waals surface area contributed by atoms with E-state index in [4.69, 9.17) is 14.2 Å². The Hall–Kier alpha value is -4.11. The van der Waals surface area contributed by atoms with E-state index in [0.717, 1.165) is 43.2 Å². The molecule has 0 aliphatic heterocycles. The predicted octanol–water partition coefficient (Wildman–Crippen LogP) is 11.7. The molecule has 0 saturated carbocycles. The molecule has 0 spiro atoms. The number of carbonyl (C=O) groups is 2. The second kappa shape index (κ2) is 23.3. The molecule has 0 unspecified atom stereocenters. The SMILES string of the molecule is CCCCCCCCCCCCCOc1ccc(C#CC(=O)Oc2ccc(-c3ccc(C(=O)O[C@@H](C)CCCCCC)cc3)cc2)c(F)c1. The van der Waals surface area contributed by atoms with Crippen LogP contribution < -0.4 is 9.47 Å². The lowest BCUT2D eigenvalue weighted by Gasteiger charge is -2.13. The summed E-state index contributed by atoms with van der Waals surface area (Å²) in [6, 6.07) is 18.7. The Labute approximate surface area is 293 Å². The first-order valence-electron chi connectivity index (χ1n) is 18.5. The van der Waals surface area contributed by atoms with Crippen molar-refractivity contribution in [1.82, 2.24) is 0 Å². The summed E-state index contributed by atoms with van der Waals surface area (Å²) in [5.41, 5.74) is 2.40. The minimum Gasteiger partial charge on any atom is -0.493 e. The summed E-state index contributed by atoms with van der Waals surface area (Å²) < 4.78 is 31.2. The highest BCUT2D eigenvalue weighted by atomic mass is 19.1. The van der Waals surface area contributed by atoms with Gasteiger partial charge in [-0.25, -0.2) is 14.0 Å². The van der Waals surface area contributed by atoms with Gasteiger partial charge in [-0.05, 0) is 73.7 Å². The number of carbonyl (C=O) groups excluding carboxylic acids is 2. The van der Waals surface area contributed by atoms with Gasteiger partial charge in [0.2, 0.25) is 0 Å². The van der Waals surface area contributed by atoms with Crippen molar-refractivity contribution in [3.05, 3.63) is 83.7 Å². The van der Waals surface area contributed by atoms with E-state index in [0.29, 0.717) is 23.7 Å². The number of hydrogen-bond acceptors (Lipinski definition) is 5. The maximum absolute atomic E-state index is 14.6. The van der Waals surface area contributed by atoms with E-state index in [1.54, 1.807) is 30.3 Å². The third-order valence-electron chi connectivity index (χ3n) is 8.55. The second-order valence-corrected chi connectivity index (χ2v) is 12.8. The topological polar surface area (TPSA) is 61.8 Å². The fourth-order valence-corrected chi connectivity index (χ4v) is 5.58. The zero-order chi connectivity index (χ0) is 35.1. The van der Waals surface area contributed by atoms with Crippen LogP contribution in [0.3, 0.4) is 0 Å². The van der Waals surface area contributed by atoms with Gasteiger partial charge in [0.05, 0.1) is 23.8 Å². The summed E-state index contributed by atoms with van der Waals surface area (Å²) in [7, 11) is 0. The Balaban J connectivity index is 1.37. The highest BCUT2D eigenvalue weighted by Gasteiger charge is 2.12. The number of esters is 2. The summed E-state index contributed by atoms with van der Waals surface area (Å²) >= 11 is 0. The minimum absolute atomic E-state index is 0.100. The van der Waals surface area contributed by atoms with Crippen LogP contribution in [-0.4, -0.2) is 24.6 Å². The molecule has 3 aromatic rings. The van der Waals surface area contributed by atoms with Crippen LogP contribution in [0.25, 0.3) is 11.1 Å². The molecule has 0 N–H and O–H groups in total. The molecule has 1 atom stereocenters. The number of ether oxygens (including phenoxy) is 3. The molecule has 3 rings (SSSR count). The van der Waals surface area contributed by atoms with E-state index in [9.17, 15) is 14.0 Å². The van der Waals surface area contributed by atoms with Gasteiger partial charge in [-0.3, -0.25) is 0 Å². The molecule has 0 saturated heterocycles. The van der Waals surface area contributed by atoms with E-state index in [1.807, 2.05) is 31.2 Å². The largest absolute Gasteiger partial charge is 0.493 e. The van der Waals surface area contributed by atoms with Crippen molar-refractivity contribution in [2.45, 2.75) is 130 Å². The van der Waals surface area contributed by atoms with Gasteiger partial charge in [0.1, 0.15) is 17.3 Å². The van der Waals surface area contributed by atoms with Crippen LogP contribution in [0.2, 0.25) is 0 Å². The molecule has 3 aromatic carbocycles. The molecule has 0 amide bonds. The van der Waals surface area contributed by atoms with Gasteiger partial charge < -0.3 is 14.2 Å². The van der Waals surface area contributed by atoms with Crippen molar-refractivity contribution in [2.24, 2.45) is 0 Å². The summed E-state index contributed by atoms with van der Waals surface area (Å²) in [5.74, 6) is 4.04. The Morgan fingerprint density at radius 3 is 1.80 bits per heavy atom. The monoisotopic (exact) mass is 670 g/mol. The van der Waals surface area contributed by atoms with Gasteiger partial charge in [-0.2, -0.15) is 0 Å². The summed E-state index contributed by atoms with van der Waals surface area (Å²) in [6.45, 7) is 6.90.